The van der Waals surface area contributed by atoms with Crippen LogP contribution in [-0.4, -0.2) is 48.2 Å². The fraction of sp³-hybridized carbons (Fsp3) is 0.350. The molecule has 0 saturated carbocycles. The highest BCUT2D eigenvalue weighted by Crippen LogP contribution is 2.26. The van der Waals surface area contributed by atoms with Crippen LogP contribution in [0.2, 0.25) is 0 Å². The number of likely N-dealkylation sites (N-methyl/N-ethyl adjacent to an activating group) is 1. The number of hydrogen-bond donors (Lipinski definition) is 1. The molecular weight excluding hydrogens is 378 g/mol. The molecule has 0 aliphatic heterocycles. The molecule has 0 radical (unpaired) electrons. The molecule has 8 heteroatoms. The number of nitro groups is 1. The van der Waals surface area contributed by atoms with E-state index >= 15 is 0 Å². The largest absolute Gasteiger partial charge is 0.492 e. The summed E-state index contributed by atoms with van der Waals surface area (Å²) in [6.07, 6.45) is 1.85. The molecule has 0 saturated heterocycles. The fourth-order valence-electron chi connectivity index (χ4n) is 2.65. The summed E-state index contributed by atoms with van der Waals surface area (Å²) in [6.45, 7) is 7.62. The zero-order valence-electron chi connectivity index (χ0n) is 16.3. The van der Waals surface area contributed by atoms with Gasteiger partial charge in [-0.1, -0.05) is 13.8 Å². The van der Waals surface area contributed by atoms with Crippen molar-refractivity contribution in [2.24, 2.45) is 0 Å². The van der Waals surface area contributed by atoms with Crippen LogP contribution in [0, 0.1) is 10.1 Å². The summed E-state index contributed by atoms with van der Waals surface area (Å²) in [7, 11) is 0. The minimum Gasteiger partial charge on any atom is -0.492 e. The van der Waals surface area contributed by atoms with Crippen molar-refractivity contribution in [3.63, 3.8) is 0 Å². The molecule has 1 N–H and O–H groups in total. The van der Waals surface area contributed by atoms with Crippen LogP contribution in [0.4, 0.5) is 11.4 Å². The predicted octanol–water partition coefficient (Wildman–Crippen LogP) is 4.29. The first kappa shape index (κ1) is 21.7. The summed E-state index contributed by atoms with van der Waals surface area (Å²) < 4.78 is 5.72. The highest BCUT2D eigenvalue weighted by atomic mass is 32.2. The Labute approximate surface area is 169 Å². The Morgan fingerprint density at radius 1 is 1.18 bits per heavy atom. The van der Waals surface area contributed by atoms with Crippen molar-refractivity contribution in [2.75, 3.05) is 37.8 Å². The number of rotatable bonds is 10. The van der Waals surface area contributed by atoms with Crippen molar-refractivity contribution in [1.29, 1.82) is 0 Å². The number of thioether (sulfide) groups is 1. The second-order valence-corrected chi connectivity index (χ2v) is 6.87. The van der Waals surface area contributed by atoms with Crippen molar-refractivity contribution < 1.29 is 14.5 Å². The van der Waals surface area contributed by atoms with Gasteiger partial charge in [0.2, 0.25) is 0 Å². The Balaban J connectivity index is 2.02. The summed E-state index contributed by atoms with van der Waals surface area (Å²) in [4.78, 5) is 26.3. The van der Waals surface area contributed by atoms with Gasteiger partial charge in [0.05, 0.1) is 4.92 Å². The van der Waals surface area contributed by atoms with Gasteiger partial charge in [0.15, 0.2) is 0 Å². The number of anilines is 1. The molecule has 0 aliphatic rings. The van der Waals surface area contributed by atoms with E-state index in [1.54, 1.807) is 30.3 Å². The Kier molecular flexibility index (Phi) is 8.28. The molecule has 0 aliphatic carbocycles. The molecule has 0 fully saturated rings. The van der Waals surface area contributed by atoms with E-state index in [0.29, 0.717) is 18.0 Å². The maximum absolute atomic E-state index is 12.5. The zero-order chi connectivity index (χ0) is 20.5. The molecule has 28 heavy (non-hydrogen) atoms. The van der Waals surface area contributed by atoms with E-state index in [1.807, 2.05) is 6.26 Å². The highest BCUT2D eigenvalue weighted by Gasteiger charge is 2.20. The molecule has 150 valence electrons. The first-order valence-electron chi connectivity index (χ1n) is 9.07. The number of benzene rings is 2. The van der Waals surface area contributed by atoms with Crippen LogP contribution in [0.3, 0.4) is 0 Å². The monoisotopic (exact) mass is 403 g/mol. The van der Waals surface area contributed by atoms with E-state index in [0.717, 1.165) is 24.5 Å². The van der Waals surface area contributed by atoms with Crippen LogP contribution in [0.1, 0.15) is 24.2 Å². The van der Waals surface area contributed by atoms with Crippen molar-refractivity contribution in [3.05, 3.63) is 58.1 Å². The molecule has 2 aromatic carbocycles. The van der Waals surface area contributed by atoms with Crippen LogP contribution < -0.4 is 10.1 Å². The maximum Gasteiger partial charge on any atom is 0.282 e. The third-order valence-electron chi connectivity index (χ3n) is 4.33. The van der Waals surface area contributed by atoms with Crippen molar-refractivity contribution >= 4 is 29.0 Å². The normalized spacial score (nSPS) is 10.7. The van der Waals surface area contributed by atoms with E-state index in [1.165, 1.54) is 23.9 Å². The van der Waals surface area contributed by atoms with Crippen molar-refractivity contribution in [3.8, 4) is 5.75 Å². The molecule has 0 heterocycles. The molecule has 2 rings (SSSR count). The molecule has 0 unspecified atom stereocenters. The Morgan fingerprint density at radius 3 is 2.43 bits per heavy atom. The van der Waals surface area contributed by atoms with E-state index in [4.69, 9.17) is 4.74 Å². The van der Waals surface area contributed by atoms with E-state index in [9.17, 15) is 14.9 Å². The van der Waals surface area contributed by atoms with E-state index < -0.39 is 10.8 Å². The number of carbonyl (C=O) groups excluding carboxylic acids is 1. The summed E-state index contributed by atoms with van der Waals surface area (Å²) in [6, 6.07) is 11.5. The van der Waals surface area contributed by atoms with Crippen molar-refractivity contribution in [1.82, 2.24) is 4.90 Å². The van der Waals surface area contributed by atoms with Crippen molar-refractivity contribution in [2.45, 2.75) is 18.7 Å². The lowest BCUT2D eigenvalue weighted by Crippen LogP contribution is -2.27. The molecule has 1 amide bonds. The van der Waals surface area contributed by atoms with Crippen LogP contribution in [-0.2, 0) is 0 Å². The number of nitrogens with zero attached hydrogens (tertiary/aromatic N) is 2. The summed E-state index contributed by atoms with van der Waals surface area (Å²) in [5, 5.41) is 13.9. The standard InChI is InChI=1S/C20H25N3O4S/c1-4-22(5-2)12-13-27-16-8-6-15(7-9-16)21-20(24)18-14-17(28-3)10-11-19(18)23(25)26/h6-11,14H,4-5,12-13H2,1-3H3,(H,21,24). The molecule has 0 bridgehead atoms. The van der Waals surface area contributed by atoms with Gasteiger partial charge in [0, 0.05) is 23.2 Å². The Hall–Kier alpha value is -2.58. The second kappa shape index (κ2) is 10.7. The summed E-state index contributed by atoms with van der Waals surface area (Å²) in [5.74, 6) is 0.193. The number of nitrogens with one attached hydrogen (secondary N) is 1. The number of amides is 1. The Morgan fingerprint density at radius 2 is 1.86 bits per heavy atom. The minimum absolute atomic E-state index is 0.0383. The number of nitro benzene ring substituents is 1. The molecule has 2 aromatic rings. The lowest BCUT2D eigenvalue weighted by Gasteiger charge is -2.18. The van der Waals surface area contributed by atoms with E-state index in [2.05, 4.69) is 24.1 Å². The highest BCUT2D eigenvalue weighted by molar-refractivity contribution is 7.98. The average Bonchev–Trinajstić information content (AvgIpc) is 2.71. The number of hydrogen-bond acceptors (Lipinski definition) is 6. The molecule has 0 spiro atoms. The third-order valence-corrected chi connectivity index (χ3v) is 5.05. The summed E-state index contributed by atoms with van der Waals surface area (Å²) in [5.41, 5.74) is 0.369. The molecule has 0 atom stereocenters. The number of ether oxygens (including phenoxy) is 1. The van der Waals surface area contributed by atoms with Gasteiger partial charge in [-0.15, -0.1) is 11.8 Å². The zero-order valence-corrected chi connectivity index (χ0v) is 17.1. The van der Waals surface area contributed by atoms with Gasteiger partial charge in [-0.2, -0.15) is 0 Å². The van der Waals surface area contributed by atoms with Gasteiger partial charge < -0.3 is 15.0 Å². The SMILES string of the molecule is CCN(CC)CCOc1ccc(NC(=O)c2cc(SC)ccc2[N+](=O)[O-])cc1. The van der Waals surface area contributed by atoms with Crippen LogP contribution in [0.15, 0.2) is 47.4 Å². The van der Waals surface area contributed by atoms with Crippen LogP contribution >= 0.6 is 11.8 Å². The van der Waals surface area contributed by atoms with E-state index in [-0.39, 0.29) is 11.3 Å². The van der Waals surface area contributed by atoms with Crippen LogP contribution in [0.25, 0.3) is 0 Å². The predicted molar refractivity (Wildman–Crippen MR) is 113 cm³/mol. The quantitative estimate of drug-likeness (QED) is 0.362. The first-order valence-corrected chi connectivity index (χ1v) is 10.3. The Bertz CT molecular complexity index is 808. The van der Waals surface area contributed by atoms with Gasteiger partial charge in [-0.05, 0) is 55.7 Å². The third kappa shape index (κ3) is 5.97. The van der Waals surface area contributed by atoms with Gasteiger partial charge >= 0.3 is 0 Å². The van der Waals surface area contributed by atoms with Crippen LogP contribution in [0.5, 0.6) is 5.75 Å². The lowest BCUT2D eigenvalue weighted by atomic mass is 10.1. The maximum atomic E-state index is 12.5. The van der Waals surface area contributed by atoms with Gasteiger partial charge in [0.25, 0.3) is 11.6 Å². The number of carbonyl (C=O) groups is 1. The van der Waals surface area contributed by atoms with Gasteiger partial charge in [0.1, 0.15) is 17.9 Å². The second-order valence-electron chi connectivity index (χ2n) is 5.99. The molecule has 0 aromatic heterocycles. The molecule has 7 nitrogen and oxygen atoms in total. The first-order chi connectivity index (χ1) is 13.5. The molecular formula is C20H25N3O4S. The average molecular weight is 404 g/mol. The summed E-state index contributed by atoms with van der Waals surface area (Å²) >= 11 is 1.42. The van der Waals surface area contributed by atoms with Gasteiger partial charge in [-0.25, -0.2) is 0 Å². The topological polar surface area (TPSA) is 84.7 Å². The fourth-order valence-corrected chi connectivity index (χ4v) is 3.09. The lowest BCUT2D eigenvalue weighted by molar-refractivity contribution is -0.385. The minimum atomic E-state index is -0.550. The van der Waals surface area contributed by atoms with Gasteiger partial charge in [-0.3, -0.25) is 14.9 Å². The smallest absolute Gasteiger partial charge is 0.282 e.